The van der Waals surface area contributed by atoms with Gasteiger partial charge in [0, 0.05) is 38.3 Å². The van der Waals surface area contributed by atoms with Crippen LogP contribution >= 0.6 is 0 Å². The molecule has 1 saturated heterocycles. The van der Waals surface area contributed by atoms with Gasteiger partial charge in [0.15, 0.2) is 6.10 Å². The maximum atomic E-state index is 12.2. The predicted octanol–water partition coefficient (Wildman–Crippen LogP) is 1.68. The molecule has 0 unspecified atom stereocenters. The SMILES string of the molecule is CCC(=O)O[C@@H](C)C(=O)N1CCN(c2ccccc2)CC1. The van der Waals surface area contributed by atoms with Gasteiger partial charge in [0.25, 0.3) is 5.91 Å². The molecule has 1 fully saturated rings. The first-order valence-electron chi connectivity index (χ1n) is 7.40. The summed E-state index contributed by atoms with van der Waals surface area (Å²) in [5.41, 5.74) is 1.18. The minimum Gasteiger partial charge on any atom is -0.453 e. The first kappa shape index (κ1) is 15.4. The Morgan fingerprint density at radius 2 is 1.76 bits per heavy atom. The van der Waals surface area contributed by atoms with Gasteiger partial charge in [-0.3, -0.25) is 9.59 Å². The molecule has 0 spiro atoms. The van der Waals surface area contributed by atoms with Crippen LogP contribution in [-0.4, -0.2) is 49.1 Å². The van der Waals surface area contributed by atoms with E-state index >= 15 is 0 Å². The van der Waals surface area contributed by atoms with Crippen LogP contribution in [0.1, 0.15) is 20.3 Å². The van der Waals surface area contributed by atoms with Gasteiger partial charge in [-0.25, -0.2) is 0 Å². The molecule has 1 aromatic carbocycles. The molecule has 1 aromatic rings. The Labute approximate surface area is 125 Å². The minimum atomic E-state index is -0.694. The quantitative estimate of drug-likeness (QED) is 0.792. The van der Waals surface area contributed by atoms with Crippen LogP contribution in [0.5, 0.6) is 0 Å². The van der Waals surface area contributed by atoms with Crippen molar-refractivity contribution in [3.05, 3.63) is 30.3 Å². The van der Waals surface area contributed by atoms with Gasteiger partial charge in [0.1, 0.15) is 0 Å². The lowest BCUT2D eigenvalue weighted by molar-refractivity contribution is -0.159. The summed E-state index contributed by atoms with van der Waals surface area (Å²) >= 11 is 0. The van der Waals surface area contributed by atoms with Gasteiger partial charge in [-0.15, -0.1) is 0 Å². The van der Waals surface area contributed by atoms with E-state index in [-0.39, 0.29) is 11.9 Å². The van der Waals surface area contributed by atoms with Crippen molar-refractivity contribution in [1.82, 2.24) is 4.90 Å². The first-order valence-corrected chi connectivity index (χ1v) is 7.40. The number of piperazine rings is 1. The molecule has 0 N–H and O–H groups in total. The summed E-state index contributed by atoms with van der Waals surface area (Å²) in [6, 6.07) is 10.2. The van der Waals surface area contributed by atoms with E-state index in [0.717, 1.165) is 13.1 Å². The topological polar surface area (TPSA) is 49.9 Å². The molecule has 1 atom stereocenters. The van der Waals surface area contributed by atoms with Crippen molar-refractivity contribution >= 4 is 17.6 Å². The summed E-state index contributed by atoms with van der Waals surface area (Å²) in [5, 5.41) is 0. The molecule has 0 aliphatic carbocycles. The molecule has 0 saturated carbocycles. The van der Waals surface area contributed by atoms with Gasteiger partial charge in [-0.05, 0) is 19.1 Å². The third kappa shape index (κ3) is 3.97. The van der Waals surface area contributed by atoms with E-state index in [1.807, 2.05) is 18.2 Å². The standard InChI is InChI=1S/C16H22N2O3/c1-3-15(19)21-13(2)16(20)18-11-9-17(10-12-18)14-7-5-4-6-8-14/h4-8,13H,3,9-12H2,1-2H3/t13-/m0/s1. The van der Waals surface area contributed by atoms with Crippen molar-refractivity contribution in [3.8, 4) is 0 Å². The van der Waals surface area contributed by atoms with E-state index in [9.17, 15) is 9.59 Å². The van der Waals surface area contributed by atoms with Crippen molar-refractivity contribution in [2.45, 2.75) is 26.4 Å². The predicted molar refractivity (Wildman–Crippen MR) is 81.1 cm³/mol. The van der Waals surface area contributed by atoms with Crippen LogP contribution < -0.4 is 4.90 Å². The maximum Gasteiger partial charge on any atom is 0.306 e. The van der Waals surface area contributed by atoms with Gasteiger partial charge >= 0.3 is 5.97 Å². The second kappa shape index (κ2) is 7.11. The molecule has 0 aromatic heterocycles. The normalized spacial score (nSPS) is 16.5. The van der Waals surface area contributed by atoms with Crippen LogP contribution in [0.4, 0.5) is 5.69 Å². The Morgan fingerprint density at radius 1 is 1.14 bits per heavy atom. The second-order valence-electron chi connectivity index (χ2n) is 5.13. The Bertz CT molecular complexity index is 482. The number of amides is 1. The Hall–Kier alpha value is -2.04. The average Bonchev–Trinajstić information content (AvgIpc) is 2.55. The second-order valence-corrected chi connectivity index (χ2v) is 5.13. The number of anilines is 1. The number of nitrogens with zero attached hydrogens (tertiary/aromatic N) is 2. The fraction of sp³-hybridized carbons (Fsp3) is 0.500. The molecule has 0 radical (unpaired) electrons. The van der Waals surface area contributed by atoms with Crippen molar-refractivity contribution < 1.29 is 14.3 Å². The third-order valence-corrected chi connectivity index (χ3v) is 3.66. The van der Waals surface area contributed by atoms with E-state index in [1.54, 1.807) is 18.7 Å². The number of benzene rings is 1. The minimum absolute atomic E-state index is 0.107. The third-order valence-electron chi connectivity index (χ3n) is 3.66. The number of rotatable bonds is 4. The largest absolute Gasteiger partial charge is 0.453 e. The van der Waals surface area contributed by atoms with E-state index < -0.39 is 6.10 Å². The van der Waals surface area contributed by atoms with Crippen molar-refractivity contribution in [3.63, 3.8) is 0 Å². The van der Waals surface area contributed by atoms with Gasteiger partial charge < -0.3 is 14.5 Å². The molecule has 2 rings (SSSR count). The number of ether oxygens (including phenoxy) is 1. The zero-order chi connectivity index (χ0) is 15.2. The number of para-hydroxylation sites is 1. The number of carbonyl (C=O) groups is 2. The van der Waals surface area contributed by atoms with Crippen LogP contribution in [0, 0.1) is 0 Å². The van der Waals surface area contributed by atoms with E-state index in [0.29, 0.717) is 19.5 Å². The van der Waals surface area contributed by atoms with Crippen LogP contribution in [0.15, 0.2) is 30.3 Å². The van der Waals surface area contributed by atoms with E-state index in [1.165, 1.54) is 5.69 Å². The summed E-state index contributed by atoms with van der Waals surface area (Å²) in [5.74, 6) is -0.441. The van der Waals surface area contributed by atoms with Gasteiger partial charge in [-0.1, -0.05) is 25.1 Å². The smallest absolute Gasteiger partial charge is 0.306 e. The Balaban J connectivity index is 1.86. The highest BCUT2D eigenvalue weighted by Gasteiger charge is 2.26. The lowest BCUT2D eigenvalue weighted by Gasteiger charge is -2.37. The summed E-state index contributed by atoms with van der Waals surface area (Å²) in [6.45, 7) is 6.26. The molecule has 1 aliphatic rings. The number of hydrogen-bond donors (Lipinski definition) is 0. The molecular formula is C16H22N2O3. The van der Waals surface area contributed by atoms with Crippen LogP contribution in [0.2, 0.25) is 0 Å². The summed E-state index contributed by atoms with van der Waals surface area (Å²) in [4.78, 5) is 27.5. The first-order chi connectivity index (χ1) is 10.1. The van der Waals surface area contributed by atoms with Crippen LogP contribution in [0.3, 0.4) is 0 Å². The average molecular weight is 290 g/mol. The Kier molecular flexibility index (Phi) is 5.20. The summed E-state index contributed by atoms with van der Waals surface area (Å²) < 4.78 is 5.08. The lowest BCUT2D eigenvalue weighted by Crippen LogP contribution is -2.51. The monoisotopic (exact) mass is 290 g/mol. The van der Waals surface area contributed by atoms with Crippen molar-refractivity contribution in [2.24, 2.45) is 0 Å². The van der Waals surface area contributed by atoms with Crippen molar-refractivity contribution in [1.29, 1.82) is 0 Å². The fourth-order valence-electron chi connectivity index (χ4n) is 2.41. The zero-order valence-corrected chi connectivity index (χ0v) is 12.6. The molecule has 1 aliphatic heterocycles. The highest BCUT2D eigenvalue weighted by atomic mass is 16.5. The van der Waals surface area contributed by atoms with Crippen LogP contribution in [-0.2, 0) is 14.3 Å². The molecule has 1 amide bonds. The number of esters is 1. The Morgan fingerprint density at radius 3 is 2.33 bits per heavy atom. The molecule has 114 valence electrons. The molecule has 21 heavy (non-hydrogen) atoms. The van der Waals surface area contributed by atoms with E-state index in [2.05, 4.69) is 17.0 Å². The van der Waals surface area contributed by atoms with Crippen molar-refractivity contribution in [2.75, 3.05) is 31.1 Å². The summed E-state index contributed by atoms with van der Waals surface area (Å²) in [6.07, 6.45) is -0.403. The van der Waals surface area contributed by atoms with Gasteiger partial charge in [0.05, 0.1) is 0 Å². The molecule has 0 bridgehead atoms. The van der Waals surface area contributed by atoms with Crippen LogP contribution in [0.25, 0.3) is 0 Å². The highest BCUT2D eigenvalue weighted by molar-refractivity contribution is 5.83. The lowest BCUT2D eigenvalue weighted by atomic mass is 10.2. The highest BCUT2D eigenvalue weighted by Crippen LogP contribution is 2.16. The summed E-state index contributed by atoms with van der Waals surface area (Å²) in [7, 11) is 0. The molecule has 5 heteroatoms. The maximum absolute atomic E-state index is 12.2. The van der Waals surface area contributed by atoms with E-state index in [4.69, 9.17) is 4.74 Å². The number of hydrogen-bond acceptors (Lipinski definition) is 4. The van der Waals surface area contributed by atoms with Gasteiger partial charge in [0.2, 0.25) is 0 Å². The zero-order valence-electron chi connectivity index (χ0n) is 12.6. The number of carbonyl (C=O) groups excluding carboxylic acids is 2. The van der Waals surface area contributed by atoms with Gasteiger partial charge in [-0.2, -0.15) is 0 Å². The molecular weight excluding hydrogens is 268 g/mol. The molecule has 1 heterocycles. The molecule has 5 nitrogen and oxygen atoms in total. The fourth-order valence-corrected chi connectivity index (χ4v) is 2.41.